The van der Waals surface area contributed by atoms with Gasteiger partial charge in [0.1, 0.15) is 0 Å². The molecule has 2 heteroatoms. The minimum atomic E-state index is 0.859. The number of nitrogens with zero attached hydrogens (tertiary/aromatic N) is 1. The van der Waals surface area contributed by atoms with E-state index in [1.807, 2.05) is 0 Å². The summed E-state index contributed by atoms with van der Waals surface area (Å²) in [5, 5.41) is 0. The van der Waals surface area contributed by atoms with Crippen molar-refractivity contribution in [3.63, 3.8) is 0 Å². The Morgan fingerprint density at radius 3 is 2.71 bits per heavy atom. The van der Waals surface area contributed by atoms with Gasteiger partial charge >= 0.3 is 0 Å². The van der Waals surface area contributed by atoms with Gasteiger partial charge in [-0.2, -0.15) is 0 Å². The lowest BCUT2D eigenvalue weighted by Crippen LogP contribution is -2.28. The summed E-state index contributed by atoms with van der Waals surface area (Å²) in [6.07, 6.45) is 4.16. The second-order valence-corrected chi connectivity index (χ2v) is 4.77. The van der Waals surface area contributed by atoms with Crippen LogP contribution >= 0.6 is 0 Å². The van der Waals surface area contributed by atoms with Crippen molar-refractivity contribution in [2.24, 2.45) is 11.8 Å². The van der Waals surface area contributed by atoms with Gasteiger partial charge in [0, 0.05) is 13.7 Å². The summed E-state index contributed by atoms with van der Waals surface area (Å²) in [5.74, 6) is 1.81. The van der Waals surface area contributed by atoms with Crippen molar-refractivity contribution < 1.29 is 4.74 Å². The molecule has 14 heavy (non-hydrogen) atoms. The zero-order valence-corrected chi connectivity index (χ0v) is 9.96. The maximum atomic E-state index is 5.12. The van der Waals surface area contributed by atoms with E-state index in [2.05, 4.69) is 18.7 Å². The van der Waals surface area contributed by atoms with Crippen molar-refractivity contribution in [1.29, 1.82) is 0 Å². The summed E-state index contributed by atoms with van der Waals surface area (Å²) >= 11 is 0. The third kappa shape index (κ3) is 3.97. The quantitative estimate of drug-likeness (QED) is 0.689. The van der Waals surface area contributed by atoms with Gasteiger partial charge in [0.05, 0.1) is 6.61 Å². The van der Waals surface area contributed by atoms with Crippen LogP contribution in [0.3, 0.4) is 0 Å². The SMILES string of the molecule is COCCN1CCCC(C(C)C)CC1. The summed E-state index contributed by atoms with van der Waals surface area (Å²) in [6.45, 7) is 9.25. The molecule has 0 bridgehead atoms. The molecule has 0 saturated carbocycles. The third-order valence-electron chi connectivity index (χ3n) is 3.42. The molecular formula is C12H25NO. The number of hydrogen-bond acceptors (Lipinski definition) is 2. The van der Waals surface area contributed by atoms with Gasteiger partial charge in [-0.25, -0.2) is 0 Å². The number of rotatable bonds is 4. The van der Waals surface area contributed by atoms with Crippen LogP contribution in [0.5, 0.6) is 0 Å². The first-order valence-electron chi connectivity index (χ1n) is 5.95. The summed E-state index contributed by atoms with van der Waals surface area (Å²) in [4.78, 5) is 2.55. The fourth-order valence-electron chi connectivity index (χ4n) is 2.29. The van der Waals surface area contributed by atoms with E-state index >= 15 is 0 Å². The molecular weight excluding hydrogens is 174 g/mol. The Labute approximate surface area is 88.6 Å². The molecule has 1 aliphatic rings. The molecule has 1 rings (SSSR count). The maximum Gasteiger partial charge on any atom is 0.0589 e. The highest BCUT2D eigenvalue weighted by molar-refractivity contribution is 4.71. The highest BCUT2D eigenvalue weighted by Crippen LogP contribution is 2.24. The van der Waals surface area contributed by atoms with E-state index < -0.39 is 0 Å². The molecule has 0 radical (unpaired) electrons. The van der Waals surface area contributed by atoms with Crippen LogP contribution in [0.25, 0.3) is 0 Å². The first-order valence-corrected chi connectivity index (χ1v) is 5.95. The van der Waals surface area contributed by atoms with E-state index in [9.17, 15) is 0 Å². The van der Waals surface area contributed by atoms with Crippen LogP contribution < -0.4 is 0 Å². The largest absolute Gasteiger partial charge is 0.383 e. The third-order valence-corrected chi connectivity index (χ3v) is 3.42. The average Bonchev–Trinajstić information content (AvgIpc) is 2.39. The summed E-state index contributed by atoms with van der Waals surface area (Å²) in [7, 11) is 1.79. The van der Waals surface area contributed by atoms with Gasteiger partial charge < -0.3 is 9.64 Å². The van der Waals surface area contributed by atoms with E-state index in [1.165, 1.54) is 32.4 Å². The lowest BCUT2D eigenvalue weighted by atomic mass is 9.89. The Morgan fingerprint density at radius 1 is 1.29 bits per heavy atom. The van der Waals surface area contributed by atoms with Crippen molar-refractivity contribution in [2.75, 3.05) is 33.4 Å². The van der Waals surface area contributed by atoms with Gasteiger partial charge in [-0.1, -0.05) is 13.8 Å². The topological polar surface area (TPSA) is 12.5 Å². The molecule has 0 aliphatic carbocycles. The zero-order valence-electron chi connectivity index (χ0n) is 9.96. The Hall–Kier alpha value is -0.0800. The summed E-state index contributed by atoms with van der Waals surface area (Å²) < 4.78 is 5.12. The first-order chi connectivity index (χ1) is 6.74. The standard InChI is InChI=1S/C12H25NO/c1-11(2)12-5-4-7-13(8-6-12)9-10-14-3/h11-12H,4-10H2,1-3H3. The molecule has 1 fully saturated rings. The molecule has 0 N–H and O–H groups in total. The van der Waals surface area contributed by atoms with Gasteiger partial charge in [0.25, 0.3) is 0 Å². The van der Waals surface area contributed by atoms with Gasteiger partial charge in [-0.05, 0) is 44.2 Å². The Balaban J connectivity index is 2.26. The smallest absolute Gasteiger partial charge is 0.0589 e. The van der Waals surface area contributed by atoms with Crippen LogP contribution in [-0.2, 0) is 4.74 Å². The fraction of sp³-hybridized carbons (Fsp3) is 1.00. The zero-order chi connectivity index (χ0) is 10.4. The van der Waals surface area contributed by atoms with E-state index in [0.29, 0.717) is 0 Å². The number of methoxy groups -OCH3 is 1. The van der Waals surface area contributed by atoms with Crippen LogP contribution in [-0.4, -0.2) is 38.3 Å². The molecule has 0 aromatic rings. The van der Waals surface area contributed by atoms with E-state index in [0.717, 1.165) is 25.0 Å². The van der Waals surface area contributed by atoms with Crippen molar-refractivity contribution in [3.8, 4) is 0 Å². The van der Waals surface area contributed by atoms with Crippen molar-refractivity contribution >= 4 is 0 Å². The van der Waals surface area contributed by atoms with Gasteiger partial charge in [-0.3, -0.25) is 0 Å². The summed E-state index contributed by atoms with van der Waals surface area (Å²) in [6, 6.07) is 0. The van der Waals surface area contributed by atoms with Crippen LogP contribution in [0.4, 0.5) is 0 Å². The first kappa shape index (κ1) is 12.0. The molecule has 1 saturated heterocycles. The van der Waals surface area contributed by atoms with Crippen molar-refractivity contribution in [2.45, 2.75) is 33.1 Å². The highest BCUT2D eigenvalue weighted by Gasteiger charge is 2.18. The molecule has 1 aliphatic heterocycles. The Morgan fingerprint density at radius 2 is 2.07 bits per heavy atom. The summed E-state index contributed by atoms with van der Waals surface area (Å²) in [5.41, 5.74) is 0. The Kier molecular flexibility index (Phi) is 5.49. The lowest BCUT2D eigenvalue weighted by molar-refractivity contribution is 0.148. The second kappa shape index (κ2) is 6.41. The van der Waals surface area contributed by atoms with Crippen LogP contribution in [0.2, 0.25) is 0 Å². The molecule has 2 nitrogen and oxygen atoms in total. The monoisotopic (exact) mass is 199 g/mol. The minimum Gasteiger partial charge on any atom is -0.383 e. The van der Waals surface area contributed by atoms with Crippen LogP contribution in [0.15, 0.2) is 0 Å². The molecule has 0 amide bonds. The molecule has 0 aromatic carbocycles. The Bertz CT molecular complexity index is 147. The molecule has 1 unspecified atom stereocenters. The van der Waals surface area contributed by atoms with Crippen LogP contribution in [0, 0.1) is 11.8 Å². The normalized spacial score (nSPS) is 25.3. The second-order valence-electron chi connectivity index (χ2n) is 4.77. The van der Waals surface area contributed by atoms with Gasteiger partial charge in [0.2, 0.25) is 0 Å². The van der Waals surface area contributed by atoms with Crippen molar-refractivity contribution in [1.82, 2.24) is 4.90 Å². The fourth-order valence-corrected chi connectivity index (χ4v) is 2.29. The number of likely N-dealkylation sites (tertiary alicyclic amines) is 1. The van der Waals surface area contributed by atoms with Crippen LogP contribution in [0.1, 0.15) is 33.1 Å². The molecule has 0 aromatic heterocycles. The van der Waals surface area contributed by atoms with E-state index in [1.54, 1.807) is 7.11 Å². The predicted octanol–water partition coefficient (Wildman–Crippen LogP) is 2.39. The van der Waals surface area contributed by atoms with E-state index in [4.69, 9.17) is 4.74 Å². The highest BCUT2D eigenvalue weighted by atomic mass is 16.5. The number of hydrogen-bond donors (Lipinski definition) is 0. The molecule has 84 valence electrons. The van der Waals surface area contributed by atoms with Crippen molar-refractivity contribution in [3.05, 3.63) is 0 Å². The maximum absolute atomic E-state index is 5.12. The van der Waals surface area contributed by atoms with Gasteiger partial charge in [0.15, 0.2) is 0 Å². The lowest BCUT2D eigenvalue weighted by Gasteiger charge is -2.20. The predicted molar refractivity (Wildman–Crippen MR) is 60.5 cm³/mol. The molecule has 0 spiro atoms. The molecule has 1 atom stereocenters. The molecule has 1 heterocycles. The number of ether oxygens (including phenoxy) is 1. The minimum absolute atomic E-state index is 0.859. The van der Waals surface area contributed by atoms with E-state index in [-0.39, 0.29) is 0 Å². The average molecular weight is 199 g/mol. The van der Waals surface area contributed by atoms with Gasteiger partial charge in [-0.15, -0.1) is 0 Å².